The lowest BCUT2D eigenvalue weighted by Gasteiger charge is -2.18. The fourth-order valence-corrected chi connectivity index (χ4v) is 8.25. The minimum absolute atomic E-state index is 0.102. The van der Waals surface area contributed by atoms with Crippen molar-refractivity contribution in [3.63, 3.8) is 0 Å². The summed E-state index contributed by atoms with van der Waals surface area (Å²) < 4.78 is 16.9. The zero-order chi connectivity index (χ0) is 55.0. The number of esters is 3. The van der Waals surface area contributed by atoms with Gasteiger partial charge in [-0.2, -0.15) is 0 Å². The first kappa shape index (κ1) is 71.5. The SMILES string of the molecule is CC/C=C\C/C=C\C/C=C\C/C=C\C/C=C\C/C=C\CCCCCCCCCCC(=O)OCC(COC(=O)CCCC/C=C\C/C=C\C/C=C\C/C=C\CC)OC(=O)CCCCCCC/C=C\CCCCCCCCC. The van der Waals surface area contributed by atoms with Crippen LogP contribution in [0.2, 0.25) is 0 Å². The van der Waals surface area contributed by atoms with Crippen molar-refractivity contribution < 1.29 is 28.6 Å². The molecule has 0 saturated heterocycles. The molecule has 0 aromatic heterocycles. The smallest absolute Gasteiger partial charge is 0.306 e. The van der Waals surface area contributed by atoms with Gasteiger partial charge in [-0.1, -0.05) is 251 Å². The monoisotopic (exact) mass is 1050 g/mol. The minimum Gasteiger partial charge on any atom is -0.462 e. The highest BCUT2D eigenvalue weighted by Gasteiger charge is 2.19. The molecule has 1 unspecified atom stereocenters. The highest BCUT2D eigenvalue weighted by molar-refractivity contribution is 5.71. The molecule has 0 aliphatic carbocycles. The van der Waals surface area contributed by atoms with Crippen LogP contribution in [-0.2, 0) is 28.6 Å². The maximum atomic E-state index is 12.9. The molecule has 1 atom stereocenters. The van der Waals surface area contributed by atoms with Gasteiger partial charge in [0.05, 0.1) is 0 Å². The molecule has 0 saturated carbocycles. The van der Waals surface area contributed by atoms with Gasteiger partial charge in [-0.05, 0) is 135 Å². The van der Waals surface area contributed by atoms with Crippen molar-refractivity contribution in [2.45, 2.75) is 277 Å². The molecule has 0 aromatic rings. The van der Waals surface area contributed by atoms with Crippen molar-refractivity contribution in [3.8, 4) is 0 Å². The van der Waals surface area contributed by atoms with Gasteiger partial charge in [0.1, 0.15) is 13.2 Å². The van der Waals surface area contributed by atoms with E-state index in [0.717, 1.165) is 141 Å². The molecule has 430 valence electrons. The van der Waals surface area contributed by atoms with E-state index in [9.17, 15) is 14.4 Å². The summed E-state index contributed by atoms with van der Waals surface area (Å²) >= 11 is 0. The standard InChI is InChI=1S/C70H114O6/c1-4-7-10-13-16-19-22-25-28-30-31-32-33-34-35-36-37-38-39-40-43-45-48-51-54-57-60-63-69(72)75-66-67(65-74-68(71)62-59-56-53-50-47-44-41-27-24-21-18-15-12-9-6-3)76-70(73)64-61-58-55-52-49-46-42-29-26-23-20-17-14-11-8-5-2/h7,9-10,12,16,18-19,21,25,27-29,31-32,34-35,37-38,41-42,47,50,67H,4-6,8,11,13-15,17,20,22-24,26,30,33,36,39-40,43-46,48-49,51-66H2,1-3H3/b10-7-,12-9-,19-16-,21-18-,28-25-,32-31-,35-34-,38-37-,41-27-,42-29-,50-47-. The van der Waals surface area contributed by atoms with Crippen LogP contribution in [0.5, 0.6) is 0 Å². The topological polar surface area (TPSA) is 78.9 Å². The number of carbonyl (C=O) groups excluding carboxylic acids is 3. The summed E-state index contributed by atoms with van der Waals surface area (Å²) in [6.45, 7) is 6.36. The van der Waals surface area contributed by atoms with Crippen molar-refractivity contribution in [3.05, 3.63) is 134 Å². The average Bonchev–Trinajstić information content (AvgIpc) is 3.42. The van der Waals surface area contributed by atoms with Crippen LogP contribution < -0.4 is 0 Å². The molecule has 0 rings (SSSR count). The van der Waals surface area contributed by atoms with E-state index in [0.29, 0.717) is 19.3 Å². The molecule has 6 nitrogen and oxygen atoms in total. The molecule has 0 aliphatic heterocycles. The van der Waals surface area contributed by atoms with Crippen molar-refractivity contribution >= 4 is 17.9 Å². The van der Waals surface area contributed by atoms with Gasteiger partial charge in [0, 0.05) is 19.3 Å². The first-order valence-corrected chi connectivity index (χ1v) is 31.2. The third kappa shape index (κ3) is 60.4. The fourth-order valence-electron chi connectivity index (χ4n) is 8.25. The third-order valence-corrected chi connectivity index (χ3v) is 12.9. The van der Waals surface area contributed by atoms with Gasteiger partial charge in [-0.25, -0.2) is 0 Å². The zero-order valence-corrected chi connectivity index (χ0v) is 49.2. The van der Waals surface area contributed by atoms with Crippen LogP contribution >= 0.6 is 0 Å². The lowest BCUT2D eigenvalue weighted by atomic mass is 10.1. The second-order valence-electron chi connectivity index (χ2n) is 20.2. The third-order valence-electron chi connectivity index (χ3n) is 12.9. The summed E-state index contributed by atoms with van der Waals surface area (Å²) in [5, 5.41) is 0. The molecule has 0 aliphatic rings. The van der Waals surface area contributed by atoms with Crippen molar-refractivity contribution in [1.82, 2.24) is 0 Å². The second kappa shape index (κ2) is 63.1. The number of hydrogen-bond acceptors (Lipinski definition) is 6. The number of hydrogen-bond donors (Lipinski definition) is 0. The molecule has 0 spiro atoms. The van der Waals surface area contributed by atoms with Crippen LogP contribution in [0.25, 0.3) is 0 Å². The van der Waals surface area contributed by atoms with Crippen LogP contribution in [0, 0.1) is 0 Å². The summed E-state index contributed by atoms with van der Waals surface area (Å²) in [5.41, 5.74) is 0. The van der Waals surface area contributed by atoms with Crippen LogP contribution in [0.15, 0.2) is 134 Å². The number of allylic oxidation sites excluding steroid dienone is 22. The molecular weight excluding hydrogens is 937 g/mol. The second-order valence-corrected chi connectivity index (χ2v) is 20.2. The van der Waals surface area contributed by atoms with Crippen LogP contribution in [0.1, 0.15) is 271 Å². The summed E-state index contributed by atoms with van der Waals surface area (Å²) in [7, 11) is 0. The highest BCUT2D eigenvalue weighted by Crippen LogP contribution is 2.14. The minimum atomic E-state index is -0.808. The Morgan fingerprint density at radius 3 is 0.842 bits per heavy atom. The van der Waals surface area contributed by atoms with E-state index < -0.39 is 6.10 Å². The normalized spacial score (nSPS) is 13.0. The molecule has 0 aromatic carbocycles. The van der Waals surface area contributed by atoms with E-state index in [4.69, 9.17) is 14.2 Å². The van der Waals surface area contributed by atoms with Crippen molar-refractivity contribution in [2.75, 3.05) is 13.2 Å². The molecule has 0 heterocycles. The van der Waals surface area contributed by atoms with E-state index in [1.807, 2.05) is 0 Å². The van der Waals surface area contributed by atoms with Crippen LogP contribution in [0.4, 0.5) is 0 Å². The van der Waals surface area contributed by atoms with Crippen LogP contribution in [0.3, 0.4) is 0 Å². The van der Waals surface area contributed by atoms with E-state index >= 15 is 0 Å². The Labute approximate surface area is 468 Å². The Balaban J connectivity index is 4.41. The van der Waals surface area contributed by atoms with E-state index in [2.05, 4.69) is 154 Å². The fraction of sp³-hybridized carbons (Fsp3) is 0.643. The van der Waals surface area contributed by atoms with E-state index in [-0.39, 0.29) is 31.1 Å². The van der Waals surface area contributed by atoms with Crippen molar-refractivity contribution in [1.29, 1.82) is 0 Å². The first-order valence-electron chi connectivity index (χ1n) is 31.2. The average molecular weight is 1050 g/mol. The summed E-state index contributed by atoms with van der Waals surface area (Å²) in [6, 6.07) is 0. The molecule has 0 fully saturated rings. The predicted octanol–water partition coefficient (Wildman–Crippen LogP) is 21.4. The van der Waals surface area contributed by atoms with Crippen molar-refractivity contribution in [2.24, 2.45) is 0 Å². The van der Waals surface area contributed by atoms with Crippen LogP contribution in [-0.4, -0.2) is 37.2 Å². The van der Waals surface area contributed by atoms with Gasteiger partial charge >= 0.3 is 17.9 Å². The Kier molecular flexibility index (Phi) is 59.4. The largest absolute Gasteiger partial charge is 0.462 e. The van der Waals surface area contributed by atoms with Gasteiger partial charge in [-0.3, -0.25) is 14.4 Å². The highest BCUT2D eigenvalue weighted by atomic mass is 16.6. The lowest BCUT2D eigenvalue weighted by Crippen LogP contribution is -2.30. The summed E-state index contributed by atoms with van der Waals surface area (Å²) in [5.74, 6) is -0.961. The van der Waals surface area contributed by atoms with Gasteiger partial charge in [0.25, 0.3) is 0 Å². The van der Waals surface area contributed by atoms with Gasteiger partial charge in [0.15, 0.2) is 6.10 Å². The number of unbranched alkanes of at least 4 members (excludes halogenated alkanes) is 22. The van der Waals surface area contributed by atoms with Gasteiger partial charge < -0.3 is 14.2 Å². The maximum Gasteiger partial charge on any atom is 0.306 e. The van der Waals surface area contributed by atoms with E-state index in [1.165, 1.54) is 89.9 Å². The molecular formula is C70H114O6. The Morgan fingerprint density at radius 1 is 0.276 bits per heavy atom. The zero-order valence-electron chi connectivity index (χ0n) is 49.2. The number of rotatable bonds is 55. The quantitative estimate of drug-likeness (QED) is 0.0261. The number of carbonyl (C=O) groups is 3. The van der Waals surface area contributed by atoms with E-state index in [1.54, 1.807) is 0 Å². The maximum absolute atomic E-state index is 12.9. The summed E-state index contributed by atoms with van der Waals surface area (Å²) in [6.07, 6.45) is 88.8. The molecule has 0 amide bonds. The molecule has 0 radical (unpaired) electrons. The predicted molar refractivity (Wildman–Crippen MR) is 329 cm³/mol. The summed E-state index contributed by atoms with van der Waals surface area (Å²) in [4.78, 5) is 38.3. The molecule has 6 heteroatoms. The lowest BCUT2D eigenvalue weighted by molar-refractivity contribution is -0.167. The van der Waals surface area contributed by atoms with Gasteiger partial charge in [0.2, 0.25) is 0 Å². The Hall–Kier alpha value is -4.45. The molecule has 0 N–H and O–H groups in total. The Bertz CT molecular complexity index is 1630. The molecule has 0 bridgehead atoms. The first-order chi connectivity index (χ1) is 37.5. The van der Waals surface area contributed by atoms with Gasteiger partial charge in [-0.15, -0.1) is 0 Å². The molecule has 76 heavy (non-hydrogen) atoms. The number of ether oxygens (including phenoxy) is 3. The Morgan fingerprint density at radius 2 is 0.513 bits per heavy atom.